The van der Waals surface area contributed by atoms with Crippen LogP contribution in [0.1, 0.15) is 36.0 Å². The number of imide groups is 1. The largest absolute Gasteiger partial charge is 0.454 e. The third-order valence-electron chi connectivity index (χ3n) is 5.22. The summed E-state index contributed by atoms with van der Waals surface area (Å²) in [5, 5.41) is 5.01. The summed E-state index contributed by atoms with van der Waals surface area (Å²) in [5.74, 6) is -3.04. The predicted octanol–water partition coefficient (Wildman–Crippen LogP) is 0.703. The van der Waals surface area contributed by atoms with Crippen molar-refractivity contribution >= 4 is 35.3 Å². The Morgan fingerprint density at radius 2 is 1.76 bits per heavy atom. The van der Waals surface area contributed by atoms with Gasteiger partial charge in [-0.05, 0) is 31.0 Å². The minimum absolute atomic E-state index is 0.298. The van der Waals surface area contributed by atoms with Crippen LogP contribution in [0.4, 0.5) is 5.69 Å². The van der Waals surface area contributed by atoms with Gasteiger partial charge >= 0.3 is 5.97 Å². The molecule has 1 aliphatic heterocycles. The number of hydrogen-bond acceptors (Lipinski definition) is 6. The van der Waals surface area contributed by atoms with Gasteiger partial charge in [-0.15, -0.1) is 0 Å². The van der Waals surface area contributed by atoms with Crippen LogP contribution < -0.4 is 10.6 Å². The summed E-state index contributed by atoms with van der Waals surface area (Å²) in [6, 6.07) is 6.28. The van der Waals surface area contributed by atoms with Crippen molar-refractivity contribution in [3.63, 3.8) is 0 Å². The Balaban J connectivity index is 1.49. The molecule has 1 saturated heterocycles. The Labute approximate surface area is 167 Å². The molecule has 9 heteroatoms. The van der Waals surface area contributed by atoms with Crippen LogP contribution in [0.5, 0.6) is 0 Å². The second-order valence-corrected chi connectivity index (χ2v) is 7.13. The molecule has 0 aromatic heterocycles. The first-order chi connectivity index (χ1) is 13.9. The molecule has 2 fully saturated rings. The zero-order chi connectivity index (χ0) is 21.0. The molecule has 1 saturated carbocycles. The number of rotatable bonds is 6. The average Bonchev–Trinajstić information content (AvgIpc) is 2.97. The van der Waals surface area contributed by atoms with Gasteiger partial charge in [-0.25, -0.2) is 0 Å². The van der Waals surface area contributed by atoms with Gasteiger partial charge in [0.2, 0.25) is 11.8 Å². The lowest BCUT2D eigenvalue weighted by Crippen LogP contribution is -2.37. The highest BCUT2D eigenvalue weighted by Gasteiger charge is 2.48. The van der Waals surface area contributed by atoms with Crippen molar-refractivity contribution in [3.8, 4) is 0 Å². The van der Waals surface area contributed by atoms with Gasteiger partial charge in [0.05, 0.1) is 11.8 Å². The van der Waals surface area contributed by atoms with Gasteiger partial charge in [-0.3, -0.25) is 28.9 Å². The Hall–Kier alpha value is -3.23. The topological polar surface area (TPSA) is 122 Å². The van der Waals surface area contributed by atoms with Crippen LogP contribution >= 0.6 is 0 Å². The van der Waals surface area contributed by atoms with Gasteiger partial charge in [-0.1, -0.05) is 18.9 Å². The summed E-state index contributed by atoms with van der Waals surface area (Å²) < 4.78 is 4.91. The molecule has 0 unspecified atom stereocenters. The van der Waals surface area contributed by atoms with Crippen LogP contribution in [0.15, 0.2) is 24.3 Å². The molecule has 1 aliphatic carbocycles. The number of fused-ring (bicyclic) bond motifs is 1. The highest BCUT2D eigenvalue weighted by atomic mass is 16.5. The number of amides is 4. The molecule has 1 heterocycles. The van der Waals surface area contributed by atoms with E-state index < -0.39 is 25.0 Å². The molecule has 4 amide bonds. The van der Waals surface area contributed by atoms with Crippen LogP contribution in [-0.2, 0) is 23.9 Å². The van der Waals surface area contributed by atoms with E-state index in [0.717, 1.165) is 17.7 Å². The summed E-state index contributed by atoms with van der Waals surface area (Å²) >= 11 is 0. The zero-order valence-electron chi connectivity index (χ0n) is 16.1. The highest BCUT2D eigenvalue weighted by Crippen LogP contribution is 2.37. The second kappa shape index (κ2) is 8.85. The number of nitrogens with zero attached hydrogens (tertiary/aromatic N) is 1. The maximum Gasteiger partial charge on any atom is 0.326 e. The fourth-order valence-electron chi connectivity index (χ4n) is 3.79. The third kappa shape index (κ3) is 4.61. The predicted molar refractivity (Wildman–Crippen MR) is 102 cm³/mol. The summed E-state index contributed by atoms with van der Waals surface area (Å²) in [7, 11) is 1.50. The Bertz CT molecular complexity index is 828. The fraction of sp³-hybridized carbons (Fsp3) is 0.450. The maximum atomic E-state index is 12.4. The van der Waals surface area contributed by atoms with E-state index in [1.54, 1.807) is 18.2 Å². The molecule has 2 N–H and O–H groups in total. The summed E-state index contributed by atoms with van der Waals surface area (Å²) in [6.45, 7) is -1.05. The van der Waals surface area contributed by atoms with E-state index >= 15 is 0 Å². The highest BCUT2D eigenvalue weighted by molar-refractivity contribution is 6.07. The Morgan fingerprint density at radius 3 is 2.38 bits per heavy atom. The summed E-state index contributed by atoms with van der Waals surface area (Å²) in [6.07, 6.45) is 3.14. The molecule has 0 spiro atoms. The van der Waals surface area contributed by atoms with Gasteiger partial charge in [0.1, 0.15) is 6.54 Å². The first-order valence-electron chi connectivity index (χ1n) is 9.53. The Kier molecular flexibility index (Phi) is 6.26. The number of benzene rings is 1. The van der Waals surface area contributed by atoms with E-state index in [0.29, 0.717) is 24.1 Å². The van der Waals surface area contributed by atoms with E-state index in [9.17, 15) is 24.0 Å². The molecule has 2 atom stereocenters. The quantitative estimate of drug-likeness (QED) is 0.535. The standard InChI is InChI=1S/C20H23N3O6/c1-21-18(26)12-5-4-6-13(9-12)22-16(24)11-29-17(25)10-23-19(27)14-7-2-3-8-15(14)20(23)28/h4-6,9,14-15H,2-3,7-8,10-11H2,1H3,(H,21,26)(H,22,24)/t14-,15-/m0/s1. The normalized spacial score (nSPS) is 20.8. The second-order valence-electron chi connectivity index (χ2n) is 7.13. The zero-order valence-corrected chi connectivity index (χ0v) is 16.1. The van der Waals surface area contributed by atoms with Crippen molar-refractivity contribution in [2.75, 3.05) is 25.5 Å². The minimum Gasteiger partial charge on any atom is -0.454 e. The van der Waals surface area contributed by atoms with E-state index in [2.05, 4.69) is 10.6 Å². The Morgan fingerprint density at radius 1 is 1.10 bits per heavy atom. The number of likely N-dealkylation sites (tertiary alicyclic amines) is 1. The lowest BCUT2D eigenvalue weighted by molar-refractivity contribution is -0.154. The van der Waals surface area contributed by atoms with Crippen molar-refractivity contribution in [2.45, 2.75) is 25.7 Å². The number of esters is 1. The lowest BCUT2D eigenvalue weighted by Gasteiger charge is -2.19. The molecular weight excluding hydrogens is 378 g/mol. The van der Waals surface area contributed by atoms with Crippen LogP contribution in [0.25, 0.3) is 0 Å². The van der Waals surface area contributed by atoms with Crippen molar-refractivity contribution in [3.05, 3.63) is 29.8 Å². The van der Waals surface area contributed by atoms with Crippen molar-refractivity contribution < 1.29 is 28.7 Å². The summed E-state index contributed by atoms with van der Waals surface area (Å²) in [5.41, 5.74) is 0.746. The third-order valence-corrected chi connectivity index (χ3v) is 5.22. The molecule has 154 valence electrons. The van der Waals surface area contributed by atoms with Gasteiger partial charge in [0.25, 0.3) is 11.8 Å². The number of carbonyl (C=O) groups excluding carboxylic acids is 5. The first kappa shape index (κ1) is 20.5. The van der Waals surface area contributed by atoms with Crippen LogP contribution in [-0.4, -0.2) is 54.7 Å². The average molecular weight is 401 g/mol. The van der Waals surface area contributed by atoms with Crippen molar-refractivity contribution in [2.24, 2.45) is 11.8 Å². The van der Waals surface area contributed by atoms with Gasteiger partial charge in [-0.2, -0.15) is 0 Å². The molecule has 29 heavy (non-hydrogen) atoms. The van der Waals surface area contributed by atoms with Crippen LogP contribution in [0.3, 0.4) is 0 Å². The lowest BCUT2D eigenvalue weighted by atomic mass is 9.81. The molecule has 0 radical (unpaired) electrons. The van der Waals surface area contributed by atoms with Gasteiger partial charge in [0, 0.05) is 18.3 Å². The monoisotopic (exact) mass is 401 g/mol. The summed E-state index contributed by atoms with van der Waals surface area (Å²) in [4.78, 5) is 61.3. The first-order valence-corrected chi connectivity index (χ1v) is 9.53. The molecule has 9 nitrogen and oxygen atoms in total. The van der Waals surface area contributed by atoms with Gasteiger partial charge < -0.3 is 15.4 Å². The maximum absolute atomic E-state index is 12.4. The molecule has 1 aromatic rings. The number of anilines is 1. The molecule has 3 rings (SSSR count). The SMILES string of the molecule is CNC(=O)c1cccc(NC(=O)COC(=O)CN2C(=O)[C@H]3CCCC[C@@H]3C2=O)c1. The van der Waals surface area contributed by atoms with E-state index in [4.69, 9.17) is 4.74 Å². The van der Waals surface area contributed by atoms with E-state index in [1.165, 1.54) is 13.1 Å². The van der Waals surface area contributed by atoms with Crippen LogP contribution in [0.2, 0.25) is 0 Å². The van der Waals surface area contributed by atoms with Crippen molar-refractivity contribution in [1.82, 2.24) is 10.2 Å². The smallest absolute Gasteiger partial charge is 0.326 e. The minimum atomic E-state index is -0.820. The number of hydrogen-bond donors (Lipinski definition) is 2. The number of carbonyl (C=O) groups is 5. The number of nitrogens with one attached hydrogen (secondary N) is 2. The number of ether oxygens (including phenoxy) is 1. The molecular formula is C20H23N3O6. The van der Waals surface area contributed by atoms with E-state index in [1.807, 2.05) is 0 Å². The van der Waals surface area contributed by atoms with Crippen molar-refractivity contribution in [1.29, 1.82) is 0 Å². The molecule has 2 aliphatic rings. The van der Waals surface area contributed by atoms with E-state index in [-0.39, 0.29) is 29.6 Å². The fourth-order valence-corrected chi connectivity index (χ4v) is 3.79. The van der Waals surface area contributed by atoms with Crippen LogP contribution in [0, 0.1) is 11.8 Å². The van der Waals surface area contributed by atoms with Gasteiger partial charge in [0.15, 0.2) is 6.61 Å². The molecule has 1 aromatic carbocycles. The molecule has 0 bridgehead atoms.